The Bertz CT molecular complexity index is 2160. The van der Waals surface area contributed by atoms with Crippen LogP contribution in [0, 0.1) is 0 Å². The van der Waals surface area contributed by atoms with Gasteiger partial charge in [0.25, 0.3) is 11.8 Å². The number of anilines is 6. The zero-order valence-electron chi connectivity index (χ0n) is 30.1. The Labute approximate surface area is 315 Å². The normalized spacial score (nSPS) is 11.9. The molecule has 0 heterocycles. The molecule has 0 aliphatic heterocycles. The van der Waals surface area contributed by atoms with E-state index in [0.717, 1.165) is 0 Å². The number of amides is 4. The zero-order valence-corrected chi connectivity index (χ0v) is 30.1. The van der Waals surface area contributed by atoms with Crippen LogP contribution in [0.3, 0.4) is 0 Å². The Morgan fingerprint density at radius 2 is 1.05 bits per heavy atom. The van der Waals surface area contributed by atoms with Gasteiger partial charge in [0.05, 0.1) is 22.7 Å². The molecule has 0 aliphatic rings. The molecule has 4 aromatic carbocycles. The van der Waals surface area contributed by atoms with Gasteiger partial charge in [-0.2, -0.15) is 0 Å². The molecule has 0 spiro atoms. The molecule has 0 atom stereocenters. The predicted molar refractivity (Wildman–Crippen MR) is 207 cm³/mol. The molecule has 0 unspecified atom stereocenters. The molecular weight excluding hydrogens is 712 g/mol. The Hall–Kier alpha value is -7.76. The number of nitrogens with one attached hydrogen (secondary N) is 6. The number of allylic oxidation sites excluding steroid dienone is 2. The predicted octanol–water partition coefficient (Wildman–Crippen LogP) is 7.35. The summed E-state index contributed by atoms with van der Waals surface area (Å²) in [4.78, 5) is 47.9. The van der Waals surface area contributed by atoms with Crippen molar-refractivity contribution in [1.29, 1.82) is 0 Å². The number of azo groups is 2. The van der Waals surface area contributed by atoms with Gasteiger partial charge >= 0.3 is 0 Å². The highest BCUT2D eigenvalue weighted by Gasteiger charge is 2.17. The summed E-state index contributed by atoms with van der Waals surface area (Å²) in [6, 6.07) is 22.6. The monoisotopic (exact) mass is 750 g/mol. The minimum atomic E-state index is -0.761. The largest absolute Gasteiger partial charge is 0.510 e. The highest BCUT2D eigenvalue weighted by atomic mass is 16.7. The fraction of sp³-hybridized carbons (Fsp3) is 0.135. The summed E-state index contributed by atoms with van der Waals surface area (Å²) >= 11 is 0. The molecule has 4 aromatic rings. The van der Waals surface area contributed by atoms with Crippen LogP contribution < -0.4 is 41.4 Å². The van der Waals surface area contributed by atoms with E-state index in [2.05, 4.69) is 52.4 Å². The molecule has 0 saturated carbocycles. The molecule has 0 aliphatic carbocycles. The van der Waals surface area contributed by atoms with Crippen LogP contribution in [0.15, 0.2) is 128 Å². The highest BCUT2D eigenvalue weighted by Crippen LogP contribution is 2.32. The standard InChI is InChI=1S/C37H38N10O8/c1-22(50)34(36(52)42-24-14-16-27(40-19-48)30(17-24)39-4)46-44-28-9-5-7-11-32(28)54-21-55-33-12-8-6-10-29(33)45-47-35(23(2)51)37(53)43-25-13-15-26(38-3)31(18-25)41-20-49/h5-20,38-39,50-51H,21H2,1-4H3,(H,40,48)(H,41,49)(H,42,52)(H,43,53). The third kappa shape index (κ3) is 11.1. The van der Waals surface area contributed by atoms with Crippen LogP contribution in [0.1, 0.15) is 13.8 Å². The van der Waals surface area contributed by atoms with Gasteiger partial charge in [-0.25, -0.2) is 0 Å². The summed E-state index contributed by atoms with van der Waals surface area (Å²) < 4.78 is 11.6. The van der Waals surface area contributed by atoms with Crippen molar-refractivity contribution in [3.05, 3.63) is 108 Å². The minimum Gasteiger partial charge on any atom is -0.510 e. The fourth-order valence-electron chi connectivity index (χ4n) is 4.67. The van der Waals surface area contributed by atoms with Crippen molar-refractivity contribution in [2.24, 2.45) is 20.5 Å². The molecule has 18 heteroatoms. The lowest BCUT2D eigenvalue weighted by Crippen LogP contribution is -2.15. The summed E-state index contributed by atoms with van der Waals surface area (Å²) in [7, 11) is 3.33. The lowest BCUT2D eigenvalue weighted by molar-refractivity contribution is -0.113. The third-order valence-corrected chi connectivity index (χ3v) is 7.31. The maximum Gasteiger partial charge on any atom is 0.279 e. The number of ether oxygens (including phenoxy) is 2. The fourth-order valence-corrected chi connectivity index (χ4v) is 4.67. The summed E-state index contributed by atoms with van der Waals surface area (Å²) in [6.07, 6.45) is 1.03. The molecule has 55 heavy (non-hydrogen) atoms. The van der Waals surface area contributed by atoms with E-state index in [1.165, 1.54) is 19.9 Å². The number of carbonyl (C=O) groups excluding carboxylic acids is 4. The second kappa shape index (κ2) is 19.7. The van der Waals surface area contributed by atoms with E-state index in [0.29, 0.717) is 46.9 Å². The number of benzene rings is 4. The second-order valence-electron chi connectivity index (χ2n) is 11.1. The summed E-state index contributed by atoms with van der Waals surface area (Å²) in [5.41, 5.74) is 2.44. The van der Waals surface area contributed by atoms with Gasteiger partial charge < -0.3 is 51.6 Å². The van der Waals surface area contributed by atoms with Gasteiger partial charge in [0.2, 0.25) is 19.6 Å². The topological polar surface area (TPSA) is 249 Å². The van der Waals surface area contributed by atoms with Crippen LogP contribution >= 0.6 is 0 Å². The van der Waals surface area contributed by atoms with Crippen LogP contribution in [0.25, 0.3) is 0 Å². The van der Waals surface area contributed by atoms with Gasteiger partial charge in [-0.05, 0) is 74.5 Å². The van der Waals surface area contributed by atoms with Crippen molar-refractivity contribution < 1.29 is 38.9 Å². The quantitative estimate of drug-likeness (QED) is 0.0165. The number of hydrogen-bond acceptors (Lipinski definition) is 14. The van der Waals surface area contributed by atoms with E-state index < -0.39 is 23.3 Å². The first-order valence-corrected chi connectivity index (χ1v) is 16.3. The van der Waals surface area contributed by atoms with E-state index in [9.17, 15) is 29.4 Å². The SMILES string of the molecule is CNc1cc(NC(=O)C(N=Nc2ccccc2OCOc2ccccc2N=NC(C(=O)Nc2ccc(NC)c(NC=O)c2)=C(C)O)=C(C)O)ccc1NC=O. The second-order valence-corrected chi connectivity index (χ2v) is 11.1. The van der Waals surface area contributed by atoms with Crippen LogP contribution in [0.2, 0.25) is 0 Å². The molecular formula is C37H38N10O8. The number of aliphatic hydroxyl groups excluding tert-OH is 2. The number of nitrogens with zero attached hydrogens (tertiary/aromatic N) is 4. The first kappa shape index (κ1) is 40.0. The van der Waals surface area contributed by atoms with Gasteiger partial charge in [-0.3, -0.25) is 19.2 Å². The Kier molecular flexibility index (Phi) is 14.4. The van der Waals surface area contributed by atoms with Crippen LogP contribution in [0.4, 0.5) is 45.5 Å². The van der Waals surface area contributed by atoms with E-state index >= 15 is 0 Å². The first-order chi connectivity index (χ1) is 26.6. The third-order valence-electron chi connectivity index (χ3n) is 7.31. The number of rotatable bonds is 18. The Balaban J connectivity index is 1.43. The van der Waals surface area contributed by atoms with Crippen molar-refractivity contribution in [1.82, 2.24) is 0 Å². The smallest absolute Gasteiger partial charge is 0.279 e. The highest BCUT2D eigenvalue weighted by molar-refractivity contribution is 6.05. The van der Waals surface area contributed by atoms with Crippen LogP contribution in [-0.4, -0.2) is 55.7 Å². The van der Waals surface area contributed by atoms with Crippen molar-refractivity contribution in [3.63, 3.8) is 0 Å². The Morgan fingerprint density at radius 3 is 1.51 bits per heavy atom. The lowest BCUT2D eigenvalue weighted by atomic mass is 10.2. The molecule has 284 valence electrons. The first-order valence-electron chi connectivity index (χ1n) is 16.3. The average Bonchev–Trinajstić information content (AvgIpc) is 3.16. The van der Waals surface area contributed by atoms with Crippen molar-refractivity contribution in [3.8, 4) is 11.5 Å². The molecule has 4 amide bonds. The molecule has 0 bridgehead atoms. The maximum atomic E-state index is 13.0. The number of carbonyl (C=O) groups is 4. The molecule has 4 rings (SSSR count). The summed E-state index contributed by atoms with van der Waals surface area (Å²) in [5.74, 6) is -1.85. The molecule has 0 aromatic heterocycles. The van der Waals surface area contributed by atoms with Crippen molar-refractivity contribution in [2.45, 2.75) is 13.8 Å². The van der Waals surface area contributed by atoms with Gasteiger partial charge in [-0.15, -0.1) is 20.5 Å². The van der Waals surface area contributed by atoms with Gasteiger partial charge in [0.15, 0.2) is 22.9 Å². The van der Waals surface area contributed by atoms with Crippen LogP contribution in [-0.2, 0) is 19.2 Å². The van der Waals surface area contributed by atoms with E-state index in [1.807, 2.05) is 0 Å². The zero-order chi connectivity index (χ0) is 39.7. The average molecular weight is 751 g/mol. The summed E-state index contributed by atoms with van der Waals surface area (Å²) in [6.45, 7) is 2.23. The van der Waals surface area contributed by atoms with Crippen LogP contribution in [0.5, 0.6) is 11.5 Å². The lowest BCUT2D eigenvalue weighted by Gasteiger charge is -2.12. The number of hydrogen-bond donors (Lipinski definition) is 8. The molecule has 0 radical (unpaired) electrons. The number of para-hydroxylation sites is 2. The molecule has 0 fully saturated rings. The molecule has 8 N–H and O–H groups in total. The van der Waals surface area contributed by atoms with Gasteiger partial charge in [-0.1, -0.05) is 24.3 Å². The van der Waals surface area contributed by atoms with Crippen molar-refractivity contribution in [2.75, 3.05) is 52.8 Å². The van der Waals surface area contributed by atoms with Gasteiger partial charge in [0.1, 0.15) is 22.9 Å². The van der Waals surface area contributed by atoms with E-state index in [1.54, 1.807) is 93.0 Å². The minimum absolute atomic E-state index is 0.206. The maximum absolute atomic E-state index is 13.0. The van der Waals surface area contributed by atoms with E-state index in [4.69, 9.17) is 9.47 Å². The van der Waals surface area contributed by atoms with E-state index in [-0.39, 0.29) is 41.1 Å². The summed E-state index contributed by atoms with van der Waals surface area (Å²) in [5, 5.41) is 52.9. The molecule has 0 saturated heterocycles. The molecule has 18 nitrogen and oxygen atoms in total. The van der Waals surface area contributed by atoms with Gasteiger partial charge in [0, 0.05) is 25.5 Å². The van der Waals surface area contributed by atoms with Crippen molar-refractivity contribution >= 4 is 70.1 Å². The Morgan fingerprint density at radius 1 is 0.618 bits per heavy atom. The number of aliphatic hydroxyl groups is 2.